The smallest absolute Gasteiger partial charge is 0.338 e. The maximum Gasteiger partial charge on any atom is 0.338 e. The van der Waals surface area contributed by atoms with E-state index in [1.165, 1.54) is 14.0 Å². The van der Waals surface area contributed by atoms with Crippen LogP contribution in [0.3, 0.4) is 0 Å². The van der Waals surface area contributed by atoms with E-state index < -0.39 is 24.0 Å². The lowest BCUT2D eigenvalue weighted by Gasteiger charge is -2.13. The Bertz CT molecular complexity index is 542. The van der Waals surface area contributed by atoms with Crippen molar-refractivity contribution >= 4 is 17.9 Å². The Morgan fingerprint density at radius 1 is 1.17 bits per heavy atom. The van der Waals surface area contributed by atoms with Crippen LogP contribution in [0.2, 0.25) is 0 Å². The fourth-order valence-corrected chi connectivity index (χ4v) is 1.58. The summed E-state index contributed by atoms with van der Waals surface area (Å²) in [6, 6.07) is 5.80. The van der Waals surface area contributed by atoms with Crippen LogP contribution in [-0.4, -0.2) is 37.7 Å². The molecule has 0 saturated heterocycles. The molecule has 1 rings (SSSR count). The number of unbranched alkanes of at least 4 members (excludes halogenated alkanes) is 1. The average Bonchev–Trinajstić information content (AvgIpc) is 2.55. The van der Waals surface area contributed by atoms with Crippen molar-refractivity contribution in [1.29, 1.82) is 0 Å². The van der Waals surface area contributed by atoms with Gasteiger partial charge >= 0.3 is 12.0 Å². The van der Waals surface area contributed by atoms with Crippen molar-refractivity contribution in [2.45, 2.75) is 32.8 Å². The minimum absolute atomic E-state index is 0.299. The van der Waals surface area contributed by atoms with Crippen LogP contribution < -0.4 is 15.4 Å². The highest BCUT2D eigenvalue weighted by Gasteiger charge is 2.20. The summed E-state index contributed by atoms with van der Waals surface area (Å²) < 4.78 is 10.5. The van der Waals surface area contributed by atoms with Gasteiger partial charge in [0.15, 0.2) is 6.10 Å². The van der Waals surface area contributed by atoms with E-state index in [4.69, 9.17) is 9.47 Å². The van der Waals surface area contributed by atoms with Gasteiger partial charge in [-0.25, -0.2) is 9.59 Å². The number of ether oxygens (including phenoxy) is 2. The molecule has 1 unspecified atom stereocenters. The summed E-state index contributed by atoms with van der Waals surface area (Å²) >= 11 is 0. The minimum atomic E-state index is -1.08. The molecule has 7 heteroatoms. The summed E-state index contributed by atoms with van der Waals surface area (Å²) in [6.07, 6.45) is 0.919. The van der Waals surface area contributed by atoms with Crippen LogP contribution in [0.15, 0.2) is 24.3 Å². The molecule has 0 spiro atoms. The van der Waals surface area contributed by atoms with Crippen molar-refractivity contribution < 1.29 is 23.9 Å². The van der Waals surface area contributed by atoms with Crippen LogP contribution in [-0.2, 0) is 9.53 Å². The van der Waals surface area contributed by atoms with Gasteiger partial charge in [0.2, 0.25) is 0 Å². The SMILES string of the molecule is CCCCOc1ccc(C(=O)OC(C)C(=O)NC(=O)NC)cc1. The highest BCUT2D eigenvalue weighted by Crippen LogP contribution is 2.14. The number of nitrogens with one attached hydrogen (secondary N) is 2. The number of hydrogen-bond acceptors (Lipinski definition) is 5. The molecule has 0 fully saturated rings. The monoisotopic (exact) mass is 322 g/mol. The number of esters is 1. The standard InChI is InChI=1S/C16H22N2O5/c1-4-5-10-22-13-8-6-12(7-9-13)15(20)23-11(2)14(19)18-16(21)17-3/h6-9,11H,4-5,10H2,1-3H3,(H2,17,18,19,21). The quantitative estimate of drug-likeness (QED) is 0.590. The zero-order valence-corrected chi connectivity index (χ0v) is 13.5. The van der Waals surface area contributed by atoms with Crippen LogP contribution >= 0.6 is 0 Å². The molecule has 0 aliphatic rings. The molecule has 0 saturated carbocycles. The molecular weight excluding hydrogens is 300 g/mol. The Morgan fingerprint density at radius 2 is 1.83 bits per heavy atom. The lowest BCUT2D eigenvalue weighted by atomic mass is 10.2. The second-order valence-electron chi connectivity index (χ2n) is 4.84. The summed E-state index contributed by atoms with van der Waals surface area (Å²) in [5.74, 6) is -0.678. The Morgan fingerprint density at radius 3 is 2.39 bits per heavy atom. The minimum Gasteiger partial charge on any atom is -0.494 e. The average molecular weight is 322 g/mol. The van der Waals surface area contributed by atoms with E-state index in [9.17, 15) is 14.4 Å². The zero-order chi connectivity index (χ0) is 17.2. The highest BCUT2D eigenvalue weighted by atomic mass is 16.5. The van der Waals surface area contributed by atoms with Gasteiger partial charge in [-0.05, 0) is 37.6 Å². The second-order valence-corrected chi connectivity index (χ2v) is 4.84. The molecule has 0 aliphatic heterocycles. The molecule has 1 aromatic rings. The van der Waals surface area contributed by atoms with E-state index in [1.54, 1.807) is 24.3 Å². The van der Waals surface area contributed by atoms with E-state index in [1.807, 2.05) is 5.32 Å². The molecule has 0 heterocycles. The van der Waals surface area contributed by atoms with Gasteiger partial charge in [0.1, 0.15) is 5.75 Å². The largest absolute Gasteiger partial charge is 0.494 e. The number of amides is 3. The van der Waals surface area contributed by atoms with Gasteiger partial charge in [0.25, 0.3) is 5.91 Å². The van der Waals surface area contributed by atoms with E-state index >= 15 is 0 Å². The predicted octanol–water partition coefficient (Wildman–Crippen LogP) is 1.87. The molecule has 126 valence electrons. The van der Waals surface area contributed by atoms with Crippen LogP contribution in [0.25, 0.3) is 0 Å². The fourth-order valence-electron chi connectivity index (χ4n) is 1.58. The third-order valence-corrected chi connectivity index (χ3v) is 2.97. The number of hydrogen-bond donors (Lipinski definition) is 2. The van der Waals surface area contributed by atoms with Crippen LogP contribution in [0.1, 0.15) is 37.0 Å². The van der Waals surface area contributed by atoms with Gasteiger partial charge < -0.3 is 14.8 Å². The Labute approximate surface area is 135 Å². The van der Waals surface area contributed by atoms with E-state index in [0.717, 1.165) is 12.8 Å². The number of benzene rings is 1. The first kappa shape index (κ1) is 18.5. The van der Waals surface area contributed by atoms with Crippen molar-refractivity contribution in [3.8, 4) is 5.75 Å². The summed E-state index contributed by atoms with van der Waals surface area (Å²) in [5.41, 5.74) is 0.299. The first-order valence-electron chi connectivity index (χ1n) is 7.44. The van der Waals surface area contributed by atoms with Gasteiger partial charge in [-0.15, -0.1) is 0 Å². The molecule has 0 bridgehead atoms. The van der Waals surface area contributed by atoms with Crippen molar-refractivity contribution in [2.75, 3.05) is 13.7 Å². The van der Waals surface area contributed by atoms with E-state index in [2.05, 4.69) is 12.2 Å². The molecular formula is C16H22N2O5. The Hall–Kier alpha value is -2.57. The Balaban J connectivity index is 2.53. The van der Waals surface area contributed by atoms with Crippen LogP contribution in [0, 0.1) is 0 Å². The summed E-state index contributed by atoms with van der Waals surface area (Å²) in [7, 11) is 1.38. The van der Waals surface area contributed by atoms with Crippen molar-refractivity contribution in [1.82, 2.24) is 10.6 Å². The van der Waals surface area contributed by atoms with Gasteiger partial charge in [-0.1, -0.05) is 13.3 Å². The van der Waals surface area contributed by atoms with Crippen LogP contribution in [0.4, 0.5) is 4.79 Å². The summed E-state index contributed by atoms with van der Waals surface area (Å²) in [6.45, 7) is 4.08. The highest BCUT2D eigenvalue weighted by molar-refractivity contribution is 5.98. The third kappa shape index (κ3) is 6.37. The molecule has 7 nitrogen and oxygen atoms in total. The molecule has 3 amide bonds. The summed E-state index contributed by atoms with van der Waals surface area (Å²) in [5, 5.41) is 4.28. The molecule has 0 aliphatic carbocycles. The van der Waals surface area contributed by atoms with E-state index in [-0.39, 0.29) is 0 Å². The summed E-state index contributed by atoms with van der Waals surface area (Å²) in [4.78, 5) is 34.6. The number of imide groups is 1. The molecule has 0 radical (unpaired) electrons. The Kier molecular flexibility index (Phi) is 7.59. The maximum absolute atomic E-state index is 11.9. The zero-order valence-electron chi connectivity index (χ0n) is 13.5. The maximum atomic E-state index is 11.9. The van der Waals surface area contributed by atoms with Gasteiger partial charge in [0.05, 0.1) is 12.2 Å². The number of carbonyl (C=O) groups is 3. The van der Waals surface area contributed by atoms with Crippen molar-refractivity contribution in [3.05, 3.63) is 29.8 Å². The second kappa shape index (κ2) is 9.45. The van der Waals surface area contributed by atoms with Crippen LogP contribution in [0.5, 0.6) is 5.75 Å². The van der Waals surface area contributed by atoms with Crippen molar-refractivity contribution in [2.24, 2.45) is 0 Å². The lowest BCUT2D eigenvalue weighted by Crippen LogP contribution is -2.43. The fraction of sp³-hybridized carbons (Fsp3) is 0.438. The van der Waals surface area contributed by atoms with Gasteiger partial charge in [-0.3, -0.25) is 10.1 Å². The molecule has 23 heavy (non-hydrogen) atoms. The molecule has 2 N–H and O–H groups in total. The predicted molar refractivity (Wildman–Crippen MR) is 84.3 cm³/mol. The topological polar surface area (TPSA) is 93.7 Å². The number of urea groups is 1. The first-order chi connectivity index (χ1) is 11.0. The van der Waals surface area contributed by atoms with Crippen molar-refractivity contribution in [3.63, 3.8) is 0 Å². The van der Waals surface area contributed by atoms with Gasteiger partial charge in [-0.2, -0.15) is 0 Å². The first-order valence-corrected chi connectivity index (χ1v) is 7.44. The van der Waals surface area contributed by atoms with E-state index in [0.29, 0.717) is 17.9 Å². The lowest BCUT2D eigenvalue weighted by molar-refractivity contribution is -0.127. The third-order valence-electron chi connectivity index (χ3n) is 2.97. The molecule has 1 atom stereocenters. The number of carbonyl (C=O) groups excluding carboxylic acids is 3. The molecule has 1 aromatic carbocycles. The van der Waals surface area contributed by atoms with Gasteiger partial charge in [0, 0.05) is 7.05 Å². The molecule has 0 aromatic heterocycles. The number of rotatable bonds is 7. The normalized spacial score (nSPS) is 11.3.